The smallest absolute Gasteiger partial charge is 0.0995 e. The van der Waals surface area contributed by atoms with Crippen LogP contribution in [0.1, 0.15) is 22.3 Å². The molecule has 0 aliphatic carbocycles. The third kappa shape index (κ3) is 1.32. The standard InChI is InChI=1S/C10H9N3/c1-6-8(4-11)3-9(5-12)7(2)10(6)13/h3H,13H2,1-2H3. The highest BCUT2D eigenvalue weighted by Gasteiger charge is 2.08. The van der Waals surface area contributed by atoms with E-state index in [-0.39, 0.29) is 0 Å². The molecule has 0 heterocycles. The predicted molar refractivity (Wildman–Crippen MR) is 49.8 cm³/mol. The lowest BCUT2D eigenvalue weighted by Crippen LogP contribution is -1.99. The molecule has 0 aliphatic rings. The highest BCUT2D eigenvalue weighted by Crippen LogP contribution is 2.23. The summed E-state index contributed by atoms with van der Waals surface area (Å²) in [6, 6.07) is 5.58. The Morgan fingerprint density at radius 2 is 1.46 bits per heavy atom. The van der Waals surface area contributed by atoms with E-state index in [1.807, 2.05) is 12.1 Å². The molecule has 0 spiro atoms. The van der Waals surface area contributed by atoms with E-state index in [4.69, 9.17) is 16.3 Å². The van der Waals surface area contributed by atoms with E-state index < -0.39 is 0 Å². The zero-order valence-electron chi connectivity index (χ0n) is 7.55. The normalized spacial score (nSPS) is 8.92. The number of hydrogen-bond acceptors (Lipinski definition) is 3. The Morgan fingerprint density at radius 3 is 1.77 bits per heavy atom. The second kappa shape index (κ2) is 3.16. The minimum atomic E-state index is 0.472. The SMILES string of the molecule is Cc1c(C#N)cc(C#N)c(C)c1N. The molecule has 0 atom stereocenters. The minimum absolute atomic E-state index is 0.472. The quantitative estimate of drug-likeness (QED) is 0.603. The van der Waals surface area contributed by atoms with Crippen molar-refractivity contribution in [2.45, 2.75) is 13.8 Å². The minimum Gasteiger partial charge on any atom is -0.398 e. The summed E-state index contributed by atoms with van der Waals surface area (Å²) in [5.41, 5.74) is 8.71. The zero-order valence-corrected chi connectivity index (χ0v) is 7.55. The molecule has 13 heavy (non-hydrogen) atoms. The fourth-order valence-electron chi connectivity index (χ4n) is 1.16. The van der Waals surface area contributed by atoms with Gasteiger partial charge < -0.3 is 5.73 Å². The van der Waals surface area contributed by atoms with Crippen LogP contribution < -0.4 is 5.73 Å². The van der Waals surface area contributed by atoms with Gasteiger partial charge in [-0.05, 0) is 31.0 Å². The average Bonchev–Trinajstić information content (AvgIpc) is 2.15. The molecule has 3 heteroatoms. The predicted octanol–water partition coefficient (Wildman–Crippen LogP) is 1.63. The molecule has 0 aromatic heterocycles. The molecule has 0 amide bonds. The van der Waals surface area contributed by atoms with Crippen molar-refractivity contribution in [2.75, 3.05) is 5.73 Å². The van der Waals surface area contributed by atoms with Crippen molar-refractivity contribution in [1.82, 2.24) is 0 Å². The monoisotopic (exact) mass is 171 g/mol. The maximum atomic E-state index is 8.74. The van der Waals surface area contributed by atoms with Gasteiger partial charge in [-0.1, -0.05) is 0 Å². The Bertz CT molecular complexity index is 395. The van der Waals surface area contributed by atoms with Crippen LogP contribution in [0.2, 0.25) is 0 Å². The van der Waals surface area contributed by atoms with Gasteiger partial charge >= 0.3 is 0 Å². The molecule has 2 N–H and O–H groups in total. The van der Waals surface area contributed by atoms with E-state index >= 15 is 0 Å². The molecular formula is C10H9N3. The summed E-state index contributed by atoms with van der Waals surface area (Å²) in [7, 11) is 0. The molecule has 0 saturated heterocycles. The summed E-state index contributed by atoms with van der Waals surface area (Å²) in [6.45, 7) is 3.56. The molecule has 0 radical (unpaired) electrons. The van der Waals surface area contributed by atoms with Crippen LogP contribution >= 0.6 is 0 Å². The Hall–Kier alpha value is -2.00. The average molecular weight is 171 g/mol. The zero-order chi connectivity index (χ0) is 10.0. The molecule has 64 valence electrons. The van der Waals surface area contributed by atoms with E-state index in [9.17, 15) is 0 Å². The number of hydrogen-bond donors (Lipinski definition) is 1. The fourth-order valence-corrected chi connectivity index (χ4v) is 1.16. The molecule has 3 nitrogen and oxygen atoms in total. The first-order valence-corrected chi connectivity index (χ1v) is 3.81. The van der Waals surface area contributed by atoms with Crippen LogP contribution in [0.5, 0.6) is 0 Å². The topological polar surface area (TPSA) is 73.6 Å². The van der Waals surface area contributed by atoms with Crippen LogP contribution in [0.25, 0.3) is 0 Å². The molecule has 0 saturated carbocycles. The third-order valence-corrected chi connectivity index (χ3v) is 2.15. The van der Waals surface area contributed by atoms with Crippen molar-refractivity contribution in [2.24, 2.45) is 0 Å². The van der Waals surface area contributed by atoms with Crippen LogP contribution in [0.4, 0.5) is 5.69 Å². The second-order valence-corrected chi connectivity index (χ2v) is 2.86. The Balaban J connectivity index is 3.60. The van der Waals surface area contributed by atoms with Crippen LogP contribution in [-0.4, -0.2) is 0 Å². The maximum Gasteiger partial charge on any atom is 0.0995 e. The first kappa shape index (κ1) is 9.09. The first-order valence-electron chi connectivity index (χ1n) is 3.81. The van der Waals surface area contributed by atoms with Crippen molar-refractivity contribution in [3.63, 3.8) is 0 Å². The number of benzene rings is 1. The lowest BCUT2D eigenvalue weighted by molar-refractivity contribution is 1.32. The second-order valence-electron chi connectivity index (χ2n) is 2.86. The van der Waals surface area contributed by atoms with Gasteiger partial charge in [0.1, 0.15) is 0 Å². The molecular weight excluding hydrogens is 162 g/mol. The number of nitrogen functional groups attached to an aromatic ring is 1. The molecule has 0 fully saturated rings. The summed E-state index contributed by atoms with van der Waals surface area (Å²) < 4.78 is 0. The fraction of sp³-hybridized carbons (Fsp3) is 0.200. The largest absolute Gasteiger partial charge is 0.398 e. The summed E-state index contributed by atoms with van der Waals surface area (Å²) >= 11 is 0. The van der Waals surface area contributed by atoms with Gasteiger partial charge in [0.05, 0.1) is 23.3 Å². The van der Waals surface area contributed by atoms with Gasteiger partial charge in [0.15, 0.2) is 0 Å². The summed E-state index contributed by atoms with van der Waals surface area (Å²) in [4.78, 5) is 0. The van der Waals surface area contributed by atoms with Crippen molar-refractivity contribution >= 4 is 5.69 Å². The van der Waals surface area contributed by atoms with Crippen molar-refractivity contribution in [3.05, 3.63) is 28.3 Å². The Morgan fingerprint density at radius 1 is 1.08 bits per heavy atom. The number of anilines is 1. The Labute approximate surface area is 77.0 Å². The maximum absolute atomic E-state index is 8.74. The van der Waals surface area contributed by atoms with Crippen LogP contribution in [0.15, 0.2) is 6.07 Å². The molecule has 1 rings (SSSR count). The van der Waals surface area contributed by atoms with E-state index in [0.29, 0.717) is 16.8 Å². The lowest BCUT2D eigenvalue weighted by Gasteiger charge is -2.07. The lowest BCUT2D eigenvalue weighted by atomic mass is 9.99. The van der Waals surface area contributed by atoms with Gasteiger partial charge in [-0.3, -0.25) is 0 Å². The van der Waals surface area contributed by atoms with Gasteiger partial charge in [-0.25, -0.2) is 0 Å². The summed E-state index contributed by atoms with van der Waals surface area (Å²) in [5.74, 6) is 0. The number of nitrogens with zero attached hydrogens (tertiary/aromatic N) is 2. The van der Waals surface area contributed by atoms with Gasteiger partial charge in [0.2, 0.25) is 0 Å². The Kier molecular flexibility index (Phi) is 2.21. The van der Waals surface area contributed by atoms with Crippen LogP contribution in [-0.2, 0) is 0 Å². The number of nitrogens with two attached hydrogens (primary N) is 1. The van der Waals surface area contributed by atoms with E-state index in [0.717, 1.165) is 11.1 Å². The molecule has 0 unspecified atom stereocenters. The van der Waals surface area contributed by atoms with E-state index in [2.05, 4.69) is 0 Å². The van der Waals surface area contributed by atoms with Crippen LogP contribution in [0, 0.1) is 36.5 Å². The number of rotatable bonds is 0. The van der Waals surface area contributed by atoms with Gasteiger partial charge in [0, 0.05) is 5.69 Å². The molecule has 1 aromatic rings. The van der Waals surface area contributed by atoms with E-state index in [1.165, 1.54) is 0 Å². The van der Waals surface area contributed by atoms with Gasteiger partial charge in [-0.15, -0.1) is 0 Å². The van der Waals surface area contributed by atoms with Gasteiger partial charge in [-0.2, -0.15) is 10.5 Å². The first-order chi connectivity index (χ1) is 6.11. The van der Waals surface area contributed by atoms with Gasteiger partial charge in [0.25, 0.3) is 0 Å². The van der Waals surface area contributed by atoms with Crippen molar-refractivity contribution in [3.8, 4) is 12.1 Å². The molecule has 0 bridgehead atoms. The molecule has 1 aromatic carbocycles. The van der Waals surface area contributed by atoms with Crippen molar-refractivity contribution < 1.29 is 0 Å². The summed E-state index contributed by atoms with van der Waals surface area (Å²) in [6.07, 6.45) is 0. The third-order valence-electron chi connectivity index (χ3n) is 2.15. The highest BCUT2D eigenvalue weighted by atomic mass is 14.6. The van der Waals surface area contributed by atoms with E-state index in [1.54, 1.807) is 19.9 Å². The van der Waals surface area contributed by atoms with Crippen LogP contribution in [0.3, 0.4) is 0 Å². The number of nitriles is 2. The highest BCUT2D eigenvalue weighted by molar-refractivity contribution is 5.64. The summed E-state index contributed by atoms with van der Waals surface area (Å²) in [5, 5.41) is 17.5. The van der Waals surface area contributed by atoms with Crippen molar-refractivity contribution in [1.29, 1.82) is 10.5 Å². The molecule has 0 aliphatic heterocycles.